The lowest BCUT2D eigenvalue weighted by Crippen LogP contribution is -2.16. The quantitative estimate of drug-likeness (QED) is 0.857. The molecule has 0 spiro atoms. The van der Waals surface area contributed by atoms with Crippen LogP contribution in [0.1, 0.15) is 25.1 Å². The molecule has 0 radical (unpaired) electrons. The Morgan fingerprint density at radius 1 is 1.41 bits per heavy atom. The van der Waals surface area contributed by atoms with Gasteiger partial charge < -0.3 is 5.11 Å². The number of aliphatic carboxylic acids is 1. The Balaban J connectivity index is 2.45. The first-order valence-corrected chi connectivity index (χ1v) is 5.30. The molecule has 0 saturated heterocycles. The van der Waals surface area contributed by atoms with Crippen molar-refractivity contribution in [1.29, 1.82) is 0 Å². The van der Waals surface area contributed by atoms with Crippen LogP contribution in [0.2, 0.25) is 0 Å². The average molecular weight is 232 g/mol. The van der Waals surface area contributed by atoms with E-state index in [1.54, 1.807) is 6.92 Å². The van der Waals surface area contributed by atoms with Crippen molar-refractivity contribution in [3.63, 3.8) is 0 Å². The lowest BCUT2D eigenvalue weighted by atomic mass is 10.1. The van der Waals surface area contributed by atoms with E-state index in [1.807, 2.05) is 30.3 Å². The summed E-state index contributed by atoms with van der Waals surface area (Å²) >= 11 is 0. The molecule has 0 fully saturated rings. The van der Waals surface area contributed by atoms with Crippen molar-refractivity contribution in [3.05, 3.63) is 36.2 Å². The van der Waals surface area contributed by atoms with E-state index in [0.29, 0.717) is 12.2 Å². The van der Waals surface area contributed by atoms with Crippen LogP contribution in [0.4, 0.5) is 0 Å². The monoisotopic (exact) mass is 232 g/mol. The van der Waals surface area contributed by atoms with Gasteiger partial charge in [0.1, 0.15) is 5.92 Å². The zero-order chi connectivity index (χ0) is 12.3. The van der Waals surface area contributed by atoms with Crippen molar-refractivity contribution >= 4 is 5.97 Å². The van der Waals surface area contributed by atoms with E-state index < -0.39 is 11.9 Å². The van der Waals surface area contributed by atoms with Gasteiger partial charge >= 0.3 is 5.97 Å². The van der Waals surface area contributed by atoms with Gasteiger partial charge in [0.05, 0.1) is 5.69 Å². The van der Waals surface area contributed by atoms with Crippen molar-refractivity contribution in [2.45, 2.75) is 19.3 Å². The second-order valence-electron chi connectivity index (χ2n) is 3.58. The predicted octanol–water partition coefficient (Wildman–Crippen LogP) is 1.24. The number of hydrogen-bond donors (Lipinski definition) is 1. The minimum absolute atomic E-state index is 0.353. The van der Waals surface area contributed by atoms with E-state index in [2.05, 4.69) is 15.5 Å². The van der Waals surface area contributed by atoms with Crippen LogP contribution in [0.15, 0.2) is 30.3 Å². The molecular formula is C11H12N4O2. The van der Waals surface area contributed by atoms with Gasteiger partial charge in [0.25, 0.3) is 0 Å². The van der Waals surface area contributed by atoms with Gasteiger partial charge in [-0.3, -0.25) is 4.79 Å². The fourth-order valence-corrected chi connectivity index (χ4v) is 1.63. The van der Waals surface area contributed by atoms with Crippen molar-refractivity contribution in [1.82, 2.24) is 20.2 Å². The minimum atomic E-state index is -0.917. The maximum atomic E-state index is 11.1. The fraction of sp³-hybridized carbons (Fsp3) is 0.273. The van der Waals surface area contributed by atoms with E-state index in [1.165, 1.54) is 4.68 Å². The number of rotatable bonds is 4. The molecule has 6 nitrogen and oxygen atoms in total. The van der Waals surface area contributed by atoms with Crippen LogP contribution in [-0.4, -0.2) is 31.3 Å². The number of nitrogens with zero attached hydrogens (tertiary/aromatic N) is 4. The van der Waals surface area contributed by atoms with E-state index in [4.69, 9.17) is 5.11 Å². The summed E-state index contributed by atoms with van der Waals surface area (Å²) in [4.78, 5) is 11.1. The fourth-order valence-electron chi connectivity index (χ4n) is 1.63. The molecule has 1 aromatic heterocycles. The maximum absolute atomic E-state index is 11.1. The Morgan fingerprint density at radius 3 is 2.71 bits per heavy atom. The van der Waals surface area contributed by atoms with Gasteiger partial charge in [0.15, 0.2) is 5.82 Å². The summed E-state index contributed by atoms with van der Waals surface area (Å²) in [6, 6.07) is 9.23. The number of carboxylic acids is 1. The van der Waals surface area contributed by atoms with Crippen molar-refractivity contribution < 1.29 is 9.90 Å². The third-order valence-electron chi connectivity index (χ3n) is 2.51. The topological polar surface area (TPSA) is 80.9 Å². The highest BCUT2D eigenvalue weighted by Crippen LogP contribution is 2.19. The SMILES string of the molecule is CCC(C(=O)O)c1nnnn1-c1ccccc1. The van der Waals surface area contributed by atoms with Crippen molar-refractivity contribution in [3.8, 4) is 5.69 Å². The molecule has 1 N–H and O–H groups in total. The molecule has 1 aromatic carbocycles. The Morgan fingerprint density at radius 2 is 2.12 bits per heavy atom. The summed E-state index contributed by atoms with van der Waals surface area (Å²) in [7, 11) is 0. The summed E-state index contributed by atoms with van der Waals surface area (Å²) < 4.78 is 1.46. The second kappa shape index (κ2) is 4.73. The smallest absolute Gasteiger partial charge is 0.314 e. The first-order chi connectivity index (χ1) is 8.24. The molecule has 6 heteroatoms. The number of para-hydroxylation sites is 1. The van der Waals surface area contributed by atoms with Gasteiger partial charge in [0.2, 0.25) is 0 Å². The van der Waals surface area contributed by atoms with Gasteiger partial charge in [-0.2, -0.15) is 4.68 Å². The number of benzene rings is 1. The molecule has 0 saturated carbocycles. The summed E-state index contributed by atoms with van der Waals surface area (Å²) in [6.07, 6.45) is 0.447. The maximum Gasteiger partial charge on any atom is 0.314 e. The zero-order valence-electron chi connectivity index (χ0n) is 9.32. The third kappa shape index (κ3) is 2.15. The zero-order valence-corrected chi connectivity index (χ0v) is 9.32. The average Bonchev–Trinajstić information content (AvgIpc) is 2.80. The van der Waals surface area contributed by atoms with E-state index in [-0.39, 0.29) is 0 Å². The highest BCUT2D eigenvalue weighted by atomic mass is 16.4. The Bertz CT molecular complexity index is 509. The number of tetrazole rings is 1. The van der Waals surface area contributed by atoms with Crippen LogP contribution < -0.4 is 0 Å². The molecule has 1 atom stereocenters. The van der Waals surface area contributed by atoms with Gasteiger partial charge in [0, 0.05) is 0 Å². The highest BCUT2D eigenvalue weighted by molar-refractivity contribution is 5.74. The molecule has 2 rings (SSSR count). The lowest BCUT2D eigenvalue weighted by molar-refractivity contribution is -0.139. The molecule has 88 valence electrons. The van der Waals surface area contributed by atoms with Crippen LogP contribution in [0, 0.1) is 0 Å². The molecule has 0 aliphatic carbocycles. The largest absolute Gasteiger partial charge is 0.481 e. The molecular weight excluding hydrogens is 220 g/mol. The van der Waals surface area contributed by atoms with Crippen molar-refractivity contribution in [2.24, 2.45) is 0 Å². The first-order valence-electron chi connectivity index (χ1n) is 5.30. The number of carboxylic acid groups (broad SMARTS) is 1. The normalized spacial score (nSPS) is 12.3. The molecule has 1 unspecified atom stereocenters. The Hall–Kier alpha value is -2.24. The van der Waals surface area contributed by atoms with Gasteiger partial charge in [-0.15, -0.1) is 5.10 Å². The summed E-state index contributed by atoms with van der Waals surface area (Å²) in [5.41, 5.74) is 0.757. The van der Waals surface area contributed by atoms with Gasteiger partial charge in [-0.1, -0.05) is 25.1 Å². The predicted molar refractivity (Wildman–Crippen MR) is 59.8 cm³/mol. The highest BCUT2D eigenvalue weighted by Gasteiger charge is 2.24. The molecule has 1 heterocycles. The number of carbonyl (C=O) groups is 1. The first kappa shape index (κ1) is 11.3. The molecule has 0 aliphatic heterocycles. The van der Waals surface area contributed by atoms with Gasteiger partial charge in [-0.25, -0.2) is 0 Å². The molecule has 0 aliphatic rings. The van der Waals surface area contributed by atoms with Crippen LogP contribution in [0.3, 0.4) is 0 Å². The molecule has 0 amide bonds. The molecule has 0 bridgehead atoms. The molecule has 17 heavy (non-hydrogen) atoms. The van der Waals surface area contributed by atoms with Crippen LogP contribution in [0.5, 0.6) is 0 Å². The van der Waals surface area contributed by atoms with Crippen LogP contribution in [0.25, 0.3) is 5.69 Å². The minimum Gasteiger partial charge on any atom is -0.481 e. The number of hydrogen-bond acceptors (Lipinski definition) is 4. The van der Waals surface area contributed by atoms with Gasteiger partial charge in [-0.05, 0) is 29.0 Å². The Kier molecular flexibility index (Phi) is 3.13. The third-order valence-corrected chi connectivity index (χ3v) is 2.51. The molecule has 2 aromatic rings. The summed E-state index contributed by atoms with van der Waals surface area (Å²) in [6.45, 7) is 1.79. The lowest BCUT2D eigenvalue weighted by Gasteiger charge is -2.09. The van der Waals surface area contributed by atoms with Crippen LogP contribution >= 0.6 is 0 Å². The van der Waals surface area contributed by atoms with E-state index in [0.717, 1.165) is 5.69 Å². The summed E-state index contributed by atoms with van der Waals surface area (Å²) in [5, 5.41) is 20.3. The second-order valence-corrected chi connectivity index (χ2v) is 3.58. The van der Waals surface area contributed by atoms with E-state index in [9.17, 15) is 4.79 Å². The van der Waals surface area contributed by atoms with Crippen LogP contribution in [-0.2, 0) is 4.79 Å². The Labute approximate surface area is 97.9 Å². The number of aromatic nitrogens is 4. The summed E-state index contributed by atoms with van der Waals surface area (Å²) in [5.74, 6) is -1.25. The van der Waals surface area contributed by atoms with Crippen molar-refractivity contribution in [2.75, 3.05) is 0 Å². The van der Waals surface area contributed by atoms with E-state index >= 15 is 0 Å². The standard InChI is InChI=1S/C11H12N4O2/c1-2-9(11(16)17)10-12-13-14-15(10)8-6-4-3-5-7-8/h3-7,9H,2H2,1H3,(H,16,17).